The van der Waals surface area contributed by atoms with Crippen molar-refractivity contribution < 1.29 is 50.5 Å². The lowest BCUT2D eigenvalue weighted by Gasteiger charge is -2.29. The highest BCUT2D eigenvalue weighted by molar-refractivity contribution is 6.05. The third-order valence-electron chi connectivity index (χ3n) is 7.58. The summed E-state index contributed by atoms with van der Waals surface area (Å²) in [6.45, 7) is 0.452. The van der Waals surface area contributed by atoms with Crippen molar-refractivity contribution in [3.05, 3.63) is 76.6 Å². The minimum absolute atomic E-state index is 0.0733. The van der Waals surface area contributed by atoms with E-state index in [1.807, 2.05) is 0 Å². The number of hydrogen-bond acceptors (Lipinski definition) is 7. The van der Waals surface area contributed by atoms with Crippen molar-refractivity contribution in [1.29, 1.82) is 0 Å². The van der Waals surface area contributed by atoms with Gasteiger partial charge in [-0.25, -0.2) is 8.78 Å². The number of Topliss-reactive ketones (excluding diaryl/α,β-unsaturated/α-hetero) is 1. The van der Waals surface area contributed by atoms with Gasteiger partial charge in [-0.2, -0.15) is 18.3 Å². The molecule has 1 aliphatic rings. The Morgan fingerprint density at radius 1 is 0.978 bits per heavy atom. The number of rotatable bonds is 11. The number of amides is 1. The highest BCUT2D eigenvalue weighted by atomic mass is 19.4. The van der Waals surface area contributed by atoms with E-state index >= 15 is 0 Å². The third kappa shape index (κ3) is 7.60. The number of alkyl halides is 3. The fourth-order valence-corrected chi connectivity index (χ4v) is 5.57. The molecule has 4 rings (SSSR count). The molecular formula is C31H32F5N3O6. The number of hydrogen-bond donors (Lipinski definition) is 0. The summed E-state index contributed by atoms with van der Waals surface area (Å²) < 4.78 is 88.1. The second-order valence-corrected chi connectivity index (χ2v) is 10.5. The Morgan fingerprint density at radius 3 is 2.11 bits per heavy atom. The van der Waals surface area contributed by atoms with Gasteiger partial charge in [-0.15, -0.1) is 0 Å². The van der Waals surface area contributed by atoms with Crippen LogP contribution < -0.4 is 9.47 Å². The first-order valence-electron chi connectivity index (χ1n) is 14.2. The van der Waals surface area contributed by atoms with Crippen LogP contribution in [0.25, 0.3) is 0 Å². The first kappa shape index (κ1) is 33.4. The molecule has 1 saturated carbocycles. The molecule has 1 amide bonds. The number of halogens is 5. The molecule has 3 aromatic rings. The summed E-state index contributed by atoms with van der Waals surface area (Å²) in [7, 11) is 2.60. The molecule has 45 heavy (non-hydrogen) atoms. The Kier molecular flexibility index (Phi) is 10.5. The Morgan fingerprint density at radius 2 is 1.58 bits per heavy atom. The van der Waals surface area contributed by atoms with Gasteiger partial charge in [0.05, 0.1) is 51.1 Å². The molecule has 1 aliphatic carbocycles. The number of nitrogens with zero attached hydrogens (tertiary/aromatic N) is 3. The van der Waals surface area contributed by atoms with Crippen LogP contribution in [0.15, 0.2) is 42.6 Å². The van der Waals surface area contributed by atoms with Crippen molar-refractivity contribution in [3.63, 3.8) is 0 Å². The van der Waals surface area contributed by atoms with Crippen molar-refractivity contribution in [2.24, 2.45) is 5.92 Å². The van der Waals surface area contributed by atoms with Crippen LogP contribution in [0.2, 0.25) is 0 Å². The molecule has 0 saturated heterocycles. The largest absolute Gasteiger partial charge is 0.496 e. The van der Waals surface area contributed by atoms with Crippen LogP contribution in [0.4, 0.5) is 22.0 Å². The van der Waals surface area contributed by atoms with Crippen molar-refractivity contribution >= 4 is 17.7 Å². The number of ether oxygens (including phenoxy) is 3. The average molecular weight is 638 g/mol. The van der Waals surface area contributed by atoms with E-state index in [2.05, 4.69) is 5.10 Å². The molecule has 0 N–H and O–H groups in total. The third-order valence-corrected chi connectivity index (χ3v) is 7.58. The van der Waals surface area contributed by atoms with Gasteiger partial charge < -0.3 is 19.1 Å². The normalized spacial score (nSPS) is 16.6. The lowest BCUT2D eigenvalue weighted by molar-refractivity contribution is -0.151. The molecule has 14 heteroatoms. The Balaban J connectivity index is 1.71. The zero-order valence-corrected chi connectivity index (χ0v) is 24.8. The second kappa shape index (κ2) is 14.1. The fraction of sp³-hybridized carbons (Fsp3) is 0.419. The van der Waals surface area contributed by atoms with E-state index in [4.69, 9.17) is 14.2 Å². The molecule has 0 aliphatic heterocycles. The summed E-state index contributed by atoms with van der Waals surface area (Å²) in [5.41, 5.74) is -2.34. The van der Waals surface area contributed by atoms with Crippen LogP contribution in [0, 0.1) is 17.6 Å². The molecule has 2 aromatic carbocycles. The van der Waals surface area contributed by atoms with E-state index in [-0.39, 0.29) is 54.9 Å². The van der Waals surface area contributed by atoms with Gasteiger partial charge in [-0.3, -0.25) is 19.1 Å². The maximum atomic E-state index is 14.6. The monoisotopic (exact) mass is 637 g/mol. The second-order valence-electron chi connectivity index (χ2n) is 10.5. The van der Waals surface area contributed by atoms with E-state index in [1.165, 1.54) is 26.4 Å². The number of ketones is 1. The van der Waals surface area contributed by atoms with E-state index < -0.39 is 71.8 Å². The van der Waals surface area contributed by atoms with E-state index in [9.17, 15) is 36.3 Å². The van der Waals surface area contributed by atoms with Crippen LogP contribution in [0.3, 0.4) is 0 Å². The minimum atomic E-state index is -5.04. The minimum Gasteiger partial charge on any atom is -0.496 e. The number of methoxy groups -OCH3 is 2. The Labute approximate surface area is 255 Å². The highest BCUT2D eigenvalue weighted by Crippen LogP contribution is 2.39. The van der Waals surface area contributed by atoms with E-state index in [0.29, 0.717) is 6.07 Å². The maximum absolute atomic E-state index is 14.6. The SMILES string of the molecule is CCOC(=O)[C@H]1CC[C@H](n2ncc(C(=O)N(CC(=O)c3c(OC)cccc3OC)Cc3cc(F)cc(F)c3)c2C(F)(F)F)CC1. The predicted molar refractivity (Wildman–Crippen MR) is 150 cm³/mol. The summed E-state index contributed by atoms with van der Waals surface area (Å²) in [5, 5.41) is 3.93. The lowest BCUT2D eigenvalue weighted by Crippen LogP contribution is -2.37. The number of benzene rings is 2. The first-order valence-corrected chi connectivity index (χ1v) is 14.2. The molecule has 0 radical (unpaired) electrons. The van der Waals surface area contributed by atoms with E-state index in [1.54, 1.807) is 13.0 Å². The van der Waals surface area contributed by atoms with Crippen molar-refractivity contribution in [2.45, 2.75) is 51.4 Å². The zero-order chi connectivity index (χ0) is 32.9. The van der Waals surface area contributed by atoms with Crippen LogP contribution in [0.1, 0.15) is 70.6 Å². The van der Waals surface area contributed by atoms with Crippen LogP contribution in [-0.4, -0.2) is 59.7 Å². The predicted octanol–water partition coefficient (Wildman–Crippen LogP) is 6.02. The number of aromatic nitrogens is 2. The number of esters is 1. The molecule has 1 heterocycles. The number of carbonyl (C=O) groups is 3. The molecule has 9 nitrogen and oxygen atoms in total. The van der Waals surface area contributed by atoms with Gasteiger partial charge in [0.15, 0.2) is 11.5 Å². The van der Waals surface area contributed by atoms with Crippen molar-refractivity contribution in [3.8, 4) is 11.5 Å². The number of carbonyl (C=O) groups excluding carboxylic acids is 3. The van der Waals surface area contributed by atoms with Gasteiger partial charge in [-0.1, -0.05) is 6.07 Å². The van der Waals surface area contributed by atoms with Crippen LogP contribution in [0.5, 0.6) is 11.5 Å². The van der Waals surface area contributed by atoms with Gasteiger partial charge >= 0.3 is 12.1 Å². The molecule has 0 spiro atoms. The fourth-order valence-electron chi connectivity index (χ4n) is 5.57. The van der Waals surface area contributed by atoms with Crippen molar-refractivity contribution in [2.75, 3.05) is 27.4 Å². The maximum Gasteiger partial charge on any atom is 0.433 e. The summed E-state index contributed by atoms with van der Waals surface area (Å²) >= 11 is 0. The van der Waals surface area contributed by atoms with Crippen LogP contribution in [-0.2, 0) is 22.3 Å². The lowest BCUT2D eigenvalue weighted by atomic mass is 9.86. The Bertz CT molecular complexity index is 1510. The zero-order valence-electron chi connectivity index (χ0n) is 24.8. The summed E-state index contributed by atoms with van der Waals surface area (Å²) in [6, 6.07) is 6.14. The molecule has 242 valence electrons. The summed E-state index contributed by atoms with van der Waals surface area (Å²) in [4.78, 5) is 40.3. The standard InChI is InChI=1S/C31H32F5N3O6/c1-4-45-30(42)19-8-10-22(11-9-19)39-28(31(34,35)36)23(15-37-39)29(41)38(16-18-12-20(32)14-21(33)13-18)17-24(40)27-25(43-2)6-5-7-26(27)44-3/h5-7,12-15,19,22H,4,8-11,16-17H2,1-3H3/t19-,22-. The smallest absolute Gasteiger partial charge is 0.433 e. The molecule has 0 unspecified atom stereocenters. The summed E-state index contributed by atoms with van der Waals surface area (Å²) in [5.74, 6) is -4.63. The molecule has 0 bridgehead atoms. The quantitative estimate of drug-likeness (QED) is 0.144. The average Bonchev–Trinajstić information content (AvgIpc) is 3.46. The first-order chi connectivity index (χ1) is 21.4. The van der Waals surface area contributed by atoms with Crippen molar-refractivity contribution in [1.82, 2.24) is 14.7 Å². The van der Waals surface area contributed by atoms with E-state index in [0.717, 1.165) is 27.9 Å². The highest BCUT2D eigenvalue weighted by Gasteiger charge is 2.43. The van der Waals surface area contributed by atoms with Gasteiger partial charge in [0, 0.05) is 12.6 Å². The van der Waals surface area contributed by atoms with Gasteiger partial charge in [0.25, 0.3) is 5.91 Å². The topological polar surface area (TPSA) is 100.0 Å². The molecule has 1 aromatic heterocycles. The van der Waals surface area contributed by atoms with Gasteiger partial charge in [0.2, 0.25) is 0 Å². The van der Waals surface area contributed by atoms with Crippen LogP contribution >= 0.6 is 0 Å². The molecule has 1 fully saturated rings. The van der Waals surface area contributed by atoms with Gasteiger partial charge in [-0.05, 0) is 62.4 Å². The molecule has 0 atom stereocenters. The Hall–Kier alpha value is -4.49. The van der Waals surface area contributed by atoms with Gasteiger partial charge in [0.1, 0.15) is 28.7 Å². The summed E-state index contributed by atoms with van der Waals surface area (Å²) in [6.07, 6.45) is -3.35. The molecular weight excluding hydrogens is 605 g/mol.